The normalized spacial score (nSPS) is 18.9. The molecule has 0 bridgehead atoms. The zero-order chi connectivity index (χ0) is 14.0. The smallest absolute Gasteiger partial charge is 0.244 e. The highest BCUT2D eigenvalue weighted by atomic mass is 79.9. The Bertz CT molecular complexity index is 542. The van der Waals surface area contributed by atoms with Crippen LogP contribution in [0.15, 0.2) is 27.8 Å². The molecule has 1 fully saturated rings. The van der Waals surface area contributed by atoms with Crippen molar-refractivity contribution in [3.8, 4) is 0 Å². The number of piperidine rings is 1. The minimum atomic E-state index is -3.46. The van der Waals surface area contributed by atoms with Crippen LogP contribution in [-0.4, -0.2) is 55.8 Å². The lowest BCUT2D eigenvalue weighted by atomic mass is 10.1. The predicted octanol–water partition coefficient (Wildman–Crippen LogP) is 1.56. The van der Waals surface area contributed by atoms with Crippen LogP contribution in [0.5, 0.6) is 0 Å². The molecule has 0 radical (unpaired) electrons. The van der Waals surface area contributed by atoms with E-state index in [0.29, 0.717) is 4.47 Å². The Balaban J connectivity index is 2.20. The van der Waals surface area contributed by atoms with Crippen molar-refractivity contribution in [1.82, 2.24) is 14.2 Å². The lowest BCUT2D eigenvalue weighted by molar-refractivity contribution is 0.197. The first-order valence-corrected chi connectivity index (χ1v) is 8.41. The Morgan fingerprint density at radius 1 is 1.37 bits per heavy atom. The third-order valence-corrected chi connectivity index (χ3v) is 5.87. The molecule has 0 saturated carbocycles. The second-order valence-corrected chi connectivity index (χ2v) is 7.81. The van der Waals surface area contributed by atoms with Gasteiger partial charge in [0.05, 0.1) is 0 Å². The van der Waals surface area contributed by atoms with Crippen molar-refractivity contribution in [2.75, 3.05) is 27.2 Å². The Labute approximate surface area is 122 Å². The molecule has 2 heterocycles. The van der Waals surface area contributed by atoms with Crippen LogP contribution < -0.4 is 0 Å². The lowest BCUT2D eigenvalue weighted by Gasteiger charge is -2.34. The van der Waals surface area contributed by atoms with E-state index in [2.05, 4.69) is 32.9 Å². The number of nitrogens with zero attached hydrogens (tertiary/aromatic N) is 3. The number of aromatic nitrogens is 1. The molecule has 1 saturated heterocycles. The van der Waals surface area contributed by atoms with E-state index in [1.165, 1.54) is 10.5 Å². The molecule has 0 spiro atoms. The molecule has 2 rings (SSSR count). The molecule has 0 atom stereocenters. The van der Waals surface area contributed by atoms with Crippen LogP contribution in [0, 0.1) is 0 Å². The van der Waals surface area contributed by atoms with Gasteiger partial charge in [0.25, 0.3) is 0 Å². The molecular formula is C12H18BrN3O2S. The summed E-state index contributed by atoms with van der Waals surface area (Å²) in [6, 6.07) is 1.66. The maximum atomic E-state index is 12.5. The molecule has 0 N–H and O–H groups in total. The molecule has 19 heavy (non-hydrogen) atoms. The van der Waals surface area contributed by atoms with Crippen molar-refractivity contribution in [3.05, 3.63) is 22.9 Å². The van der Waals surface area contributed by atoms with Crippen molar-refractivity contribution in [1.29, 1.82) is 0 Å². The Morgan fingerprint density at radius 2 is 2.00 bits per heavy atom. The summed E-state index contributed by atoms with van der Waals surface area (Å²) in [6.45, 7) is 1.86. The molecule has 0 aliphatic carbocycles. The van der Waals surface area contributed by atoms with Crippen LogP contribution in [0.25, 0.3) is 0 Å². The predicted molar refractivity (Wildman–Crippen MR) is 77.4 cm³/mol. The van der Waals surface area contributed by atoms with E-state index in [9.17, 15) is 8.42 Å². The molecule has 0 amide bonds. The average molecular weight is 348 g/mol. The van der Waals surface area contributed by atoms with Gasteiger partial charge in [-0.05, 0) is 55.0 Å². The van der Waals surface area contributed by atoms with Gasteiger partial charge in [0.15, 0.2) is 0 Å². The van der Waals surface area contributed by atoms with E-state index in [1.54, 1.807) is 19.3 Å². The van der Waals surface area contributed by atoms with E-state index >= 15 is 0 Å². The first-order chi connectivity index (χ1) is 8.91. The number of pyridine rings is 1. The lowest BCUT2D eigenvalue weighted by Crippen LogP contribution is -2.44. The van der Waals surface area contributed by atoms with E-state index in [-0.39, 0.29) is 10.9 Å². The zero-order valence-corrected chi connectivity index (χ0v) is 13.5. The molecule has 1 aliphatic heterocycles. The van der Waals surface area contributed by atoms with Gasteiger partial charge in [-0.3, -0.25) is 4.98 Å². The summed E-state index contributed by atoms with van der Waals surface area (Å²) in [4.78, 5) is 6.39. The fraction of sp³-hybridized carbons (Fsp3) is 0.583. The highest BCUT2D eigenvalue weighted by Gasteiger charge is 2.30. The van der Waals surface area contributed by atoms with Gasteiger partial charge < -0.3 is 4.90 Å². The third kappa shape index (κ3) is 3.34. The molecule has 7 heteroatoms. The van der Waals surface area contributed by atoms with Gasteiger partial charge in [-0.15, -0.1) is 0 Å². The first kappa shape index (κ1) is 14.9. The van der Waals surface area contributed by atoms with Crippen molar-refractivity contribution in [3.63, 3.8) is 0 Å². The van der Waals surface area contributed by atoms with E-state index in [4.69, 9.17) is 0 Å². The van der Waals surface area contributed by atoms with Crippen LogP contribution in [0.1, 0.15) is 12.8 Å². The molecule has 5 nitrogen and oxygen atoms in total. The van der Waals surface area contributed by atoms with Crippen LogP contribution >= 0.6 is 15.9 Å². The minimum absolute atomic E-state index is 0.0696. The molecule has 1 aromatic heterocycles. The second-order valence-electron chi connectivity index (χ2n) is 4.89. The monoisotopic (exact) mass is 347 g/mol. The van der Waals surface area contributed by atoms with Crippen molar-refractivity contribution < 1.29 is 8.42 Å². The van der Waals surface area contributed by atoms with E-state index < -0.39 is 10.0 Å². The van der Waals surface area contributed by atoms with Crippen LogP contribution in [-0.2, 0) is 10.0 Å². The van der Waals surface area contributed by atoms with E-state index in [1.807, 2.05) is 0 Å². The number of hydrogen-bond donors (Lipinski definition) is 0. The highest BCUT2D eigenvalue weighted by molar-refractivity contribution is 9.10. The molecule has 0 unspecified atom stereocenters. The number of rotatable bonds is 3. The molecule has 106 valence electrons. The average Bonchev–Trinajstić information content (AvgIpc) is 2.39. The fourth-order valence-corrected chi connectivity index (χ4v) is 4.18. The second kappa shape index (κ2) is 5.87. The summed E-state index contributed by atoms with van der Waals surface area (Å²) in [5, 5.41) is 0. The molecule has 1 aliphatic rings. The van der Waals surface area contributed by atoms with Gasteiger partial charge in [0.1, 0.15) is 4.90 Å². The largest absolute Gasteiger partial charge is 0.306 e. The number of halogens is 1. The number of likely N-dealkylation sites (tertiary alicyclic amines) is 1. The SMILES string of the molecule is CN1CCC(N(C)S(=O)(=O)c2cncc(Br)c2)CC1. The minimum Gasteiger partial charge on any atom is -0.306 e. The number of sulfonamides is 1. The summed E-state index contributed by atoms with van der Waals surface area (Å²) in [5.41, 5.74) is 0. The van der Waals surface area contributed by atoms with E-state index in [0.717, 1.165) is 25.9 Å². The van der Waals surface area contributed by atoms with Crippen molar-refractivity contribution in [2.24, 2.45) is 0 Å². The third-order valence-electron chi connectivity index (χ3n) is 3.56. The fourth-order valence-electron chi connectivity index (χ4n) is 2.25. The summed E-state index contributed by atoms with van der Waals surface area (Å²) in [7, 11) is 0.261. The quantitative estimate of drug-likeness (QED) is 0.832. The Morgan fingerprint density at radius 3 is 2.58 bits per heavy atom. The molecular weight excluding hydrogens is 330 g/mol. The summed E-state index contributed by atoms with van der Waals surface area (Å²) in [6.07, 6.45) is 4.71. The first-order valence-electron chi connectivity index (χ1n) is 6.18. The van der Waals surface area contributed by atoms with Crippen LogP contribution in [0.3, 0.4) is 0 Å². The van der Waals surface area contributed by atoms with Gasteiger partial charge in [-0.25, -0.2) is 8.42 Å². The van der Waals surface area contributed by atoms with Crippen LogP contribution in [0.2, 0.25) is 0 Å². The van der Waals surface area contributed by atoms with Gasteiger partial charge in [0, 0.05) is 30.0 Å². The topological polar surface area (TPSA) is 53.5 Å². The van der Waals surface area contributed by atoms with Crippen molar-refractivity contribution >= 4 is 26.0 Å². The maximum absolute atomic E-state index is 12.5. The summed E-state index contributed by atoms with van der Waals surface area (Å²) < 4.78 is 27.2. The van der Waals surface area contributed by atoms with Gasteiger partial charge >= 0.3 is 0 Å². The molecule has 1 aromatic rings. The zero-order valence-electron chi connectivity index (χ0n) is 11.1. The van der Waals surface area contributed by atoms with Gasteiger partial charge in [-0.2, -0.15) is 4.31 Å². The Hall–Kier alpha value is -0.500. The molecule has 0 aromatic carbocycles. The summed E-state index contributed by atoms with van der Waals surface area (Å²) >= 11 is 3.26. The number of hydrogen-bond acceptors (Lipinski definition) is 4. The standard InChI is InChI=1S/C12H18BrN3O2S/c1-15-5-3-11(4-6-15)16(2)19(17,18)12-7-10(13)8-14-9-12/h7-9,11H,3-6H2,1-2H3. The maximum Gasteiger partial charge on any atom is 0.244 e. The summed E-state index contributed by atoms with van der Waals surface area (Å²) in [5.74, 6) is 0. The van der Waals surface area contributed by atoms with Crippen LogP contribution in [0.4, 0.5) is 0 Å². The highest BCUT2D eigenvalue weighted by Crippen LogP contribution is 2.23. The van der Waals surface area contributed by atoms with Gasteiger partial charge in [-0.1, -0.05) is 0 Å². The Kier molecular flexibility index (Phi) is 4.60. The van der Waals surface area contributed by atoms with Gasteiger partial charge in [0.2, 0.25) is 10.0 Å². The van der Waals surface area contributed by atoms with Crippen molar-refractivity contribution in [2.45, 2.75) is 23.8 Å².